The smallest absolute Gasteiger partial charge is 0.329 e. The second-order valence-electron chi connectivity index (χ2n) is 8.53. The molecular formula is C19H34N2O5. The summed E-state index contributed by atoms with van der Waals surface area (Å²) in [6.45, 7) is 15.9. The lowest BCUT2D eigenvalue weighted by Gasteiger charge is -2.27. The zero-order valence-corrected chi connectivity index (χ0v) is 17.5. The van der Waals surface area contributed by atoms with E-state index >= 15 is 0 Å². The highest BCUT2D eigenvalue weighted by molar-refractivity contribution is 5.90. The maximum Gasteiger partial charge on any atom is 0.329 e. The van der Waals surface area contributed by atoms with Gasteiger partial charge < -0.3 is 20.1 Å². The van der Waals surface area contributed by atoms with Gasteiger partial charge in [0.05, 0.1) is 0 Å². The maximum absolute atomic E-state index is 12.3. The Morgan fingerprint density at radius 1 is 0.962 bits per heavy atom. The molecule has 0 aliphatic rings. The number of carbonyl (C=O) groups excluding carboxylic acids is 3. The van der Waals surface area contributed by atoms with E-state index < -0.39 is 29.1 Å². The second kappa shape index (κ2) is 9.59. The summed E-state index contributed by atoms with van der Waals surface area (Å²) in [5, 5.41) is 5.46. The van der Waals surface area contributed by atoms with E-state index in [0.717, 1.165) is 0 Å². The quantitative estimate of drug-likeness (QED) is 0.528. The Balaban J connectivity index is 4.73. The van der Waals surface area contributed by atoms with Crippen LogP contribution >= 0.6 is 0 Å². The van der Waals surface area contributed by atoms with Crippen LogP contribution in [-0.4, -0.2) is 41.6 Å². The zero-order chi connectivity index (χ0) is 20.7. The van der Waals surface area contributed by atoms with Crippen LogP contribution in [0.15, 0.2) is 11.8 Å². The fraction of sp³-hybridized carbons (Fsp3) is 0.737. The van der Waals surface area contributed by atoms with Gasteiger partial charge in [-0.2, -0.15) is 0 Å². The molecule has 0 aromatic rings. The van der Waals surface area contributed by atoms with Crippen molar-refractivity contribution in [2.75, 3.05) is 6.54 Å². The molecule has 0 saturated carbocycles. The Morgan fingerprint density at radius 3 is 1.88 bits per heavy atom. The Hall–Kier alpha value is -2.05. The van der Waals surface area contributed by atoms with Crippen molar-refractivity contribution < 1.29 is 23.9 Å². The molecule has 0 aromatic carbocycles. The summed E-state index contributed by atoms with van der Waals surface area (Å²) >= 11 is 0. The molecule has 0 spiro atoms. The topological polar surface area (TPSA) is 93.7 Å². The van der Waals surface area contributed by atoms with E-state index in [-0.39, 0.29) is 18.4 Å². The highest BCUT2D eigenvalue weighted by Crippen LogP contribution is 2.13. The van der Waals surface area contributed by atoms with Gasteiger partial charge in [0.1, 0.15) is 23.8 Å². The molecule has 0 heterocycles. The van der Waals surface area contributed by atoms with Crippen LogP contribution in [-0.2, 0) is 23.9 Å². The minimum Gasteiger partial charge on any atom is -0.459 e. The van der Waals surface area contributed by atoms with Crippen LogP contribution < -0.4 is 10.6 Å². The normalized spacial score (nSPS) is 13.8. The standard InChI is InChI=1S/C19H34N2O5/c1-12(2)16(17(24)26-19(7,8)9)21-13(3)10-14(22)20-11-15(23)25-18(4,5)6/h10,12,16,21H,11H2,1-9H3,(H,20,22)/t16-/m1/s1. The van der Waals surface area contributed by atoms with Gasteiger partial charge in [-0.1, -0.05) is 13.8 Å². The number of nitrogens with one attached hydrogen (secondary N) is 2. The first-order chi connectivity index (χ1) is 11.6. The van der Waals surface area contributed by atoms with Gasteiger partial charge in [0.25, 0.3) is 0 Å². The molecule has 7 heteroatoms. The SMILES string of the molecule is CC(=CC(=O)NCC(=O)OC(C)(C)C)N[C@@H](C(=O)OC(C)(C)C)C(C)C. The number of ether oxygens (including phenoxy) is 2. The molecule has 0 unspecified atom stereocenters. The van der Waals surface area contributed by atoms with E-state index in [0.29, 0.717) is 5.70 Å². The predicted octanol–water partition coefficient (Wildman–Crippen LogP) is 2.30. The summed E-state index contributed by atoms with van der Waals surface area (Å²) < 4.78 is 10.5. The Morgan fingerprint density at radius 2 is 1.46 bits per heavy atom. The van der Waals surface area contributed by atoms with Gasteiger partial charge in [-0.3, -0.25) is 9.59 Å². The fourth-order valence-corrected chi connectivity index (χ4v) is 1.93. The lowest BCUT2D eigenvalue weighted by Crippen LogP contribution is -2.44. The third-order valence-corrected chi connectivity index (χ3v) is 2.89. The number of hydrogen-bond donors (Lipinski definition) is 2. The van der Waals surface area contributed by atoms with Crippen molar-refractivity contribution in [1.82, 2.24) is 10.6 Å². The van der Waals surface area contributed by atoms with Gasteiger partial charge in [0, 0.05) is 11.8 Å². The summed E-state index contributed by atoms with van der Waals surface area (Å²) in [5.41, 5.74) is -0.697. The van der Waals surface area contributed by atoms with Gasteiger partial charge in [0.2, 0.25) is 5.91 Å². The molecule has 0 aromatic heterocycles. The van der Waals surface area contributed by atoms with Crippen molar-refractivity contribution in [2.24, 2.45) is 5.92 Å². The van der Waals surface area contributed by atoms with E-state index in [1.807, 2.05) is 13.8 Å². The Kier molecular flexibility index (Phi) is 8.84. The number of allylic oxidation sites excluding steroid dienone is 1. The third-order valence-electron chi connectivity index (χ3n) is 2.89. The number of carbonyl (C=O) groups is 3. The molecule has 0 bridgehead atoms. The molecule has 150 valence electrons. The van der Waals surface area contributed by atoms with Crippen molar-refractivity contribution in [1.29, 1.82) is 0 Å². The number of amides is 1. The molecular weight excluding hydrogens is 336 g/mol. The maximum atomic E-state index is 12.3. The van der Waals surface area contributed by atoms with Crippen LogP contribution in [0.3, 0.4) is 0 Å². The molecule has 0 fully saturated rings. The van der Waals surface area contributed by atoms with Gasteiger partial charge in [-0.05, 0) is 54.4 Å². The predicted molar refractivity (Wildman–Crippen MR) is 100 cm³/mol. The number of esters is 2. The van der Waals surface area contributed by atoms with Gasteiger partial charge in [-0.15, -0.1) is 0 Å². The minimum absolute atomic E-state index is 0.0296. The lowest BCUT2D eigenvalue weighted by molar-refractivity contribution is -0.158. The zero-order valence-electron chi connectivity index (χ0n) is 17.5. The van der Waals surface area contributed by atoms with Crippen molar-refractivity contribution in [2.45, 2.75) is 79.6 Å². The Bertz CT molecular complexity index is 539. The monoisotopic (exact) mass is 370 g/mol. The molecule has 26 heavy (non-hydrogen) atoms. The number of hydrogen-bond acceptors (Lipinski definition) is 6. The van der Waals surface area contributed by atoms with Crippen LogP contribution in [0.1, 0.15) is 62.3 Å². The van der Waals surface area contributed by atoms with Crippen LogP contribution in [0.25, 0.3) is 0 Å². The van der Waals surface area contributed by atoms with Crippen LogP contribution in [0.5, 0.6) is 0 Å². The van der Waals surface area contributed by atoms with Crippen molar-refractivity contribution >= 4 is 17.8 Å². The van der Waals surface area contributed by atoms with E-state index in [4.69, 9.17) is 9.47 Å². The second-order valence-corrected chi connectivity index (χ2v) is 8.53. The third kappa shape index (κ3) is 11.5. The summed E-state index contributed by atoms with van der Waals surface area (Å²) in [6, 6.07) is -0.580. The number of rotatable bonds is 7. The van der Waals surface area contributed by atoms with Crippen molar-refractivity contribution in [3.8, 4) is 0 Å². The largest absolute Gasteiger partial charge is 0.459 e. The first-order valence-electron chi connectivity index (χ1n) is 8.78. The molecule has 0 aliphatic carbocycles. The highest BCUT2D eigenvalue weighted by atomic mass is 16.6. The lowest BCUT2D eigenvalue weighted by atomic mass is 10.0. The van der Waals surface area contributed by atoms with Gasteiger partial charge in [-0.25, -0.2) is 4.79 Å². The van der Waals surface area contributed by atoms with Crippen molar-refractivity contribution in [3.63, 3.8) is 0 Å². The average Bonchev–Trinajstić information content (AvgIpc) is 2.38. The Labute approximate surface area is 156 Å². The molecule has 0 saturated heterocycles. The molecule has 0 aliphatic heterocycles. The van der Waals surface area contributed by atoms with Crippen LogP contribution in [0, 0.1) is 5.92 Å². The average molecular weight is 370 g/mol. The molecule has 1 amide bonds. The summed E-state index contributed by atoms with van der Waals surface area (Å²) in [5.74, 6) is -1.38. The van der Waals surface area contributed by atoms with Crippen LogP contribution in [0.4, 0.5) is 0 Å². The van der Waals surface area contributed by atoms with E-state index in [2.05, 4.69) is 10.6 Å². The molecule has 0 rings (SSSR count). The molecule has 7 nitrogen and oxygen atoms in total. The molecule has 2 N–H and O–H groups in total. The van der Waals surface area contributed by atoms with Gasteiger partial charge in [0.15, 0.2) is 0 Å². The summed E-state index contributed by atoms with van der Waals surface area (Å²) in [6.07, 6.45) is 1.30. The molecule has 1 atom stereocenters. The summed E-state index contributed by atoms with van der Waals surface area (Å²) in [4.78, 5) is 35.8. The van der Waals surface area contributed by atoms with Crippen LogP contribution in [0.2, 0.25) is 0 Å². The van der Waals surface area contributed by atoms with E-state index in [1.165, 1.54) is 6.08 Å². The first kappa shape index (κ1) is 23.9. The van der Waals surface area contributed by atoms with E-state index in [1.54, 1.807) is 48.5 Å². The highest BCUT2D eigenvalue weighted by Gasteiger charge is 2.27. The van der Waals surface area contributed by atoms with Gasteiger partial charge >= 0.3 is 11.9 Å². The minimum atomic E-state index is -0.604. The van der Waals surface area contributed by atoms with E-state index in [9.17, 15) is 14.4 Å². The van der Waals surface area contributed by atoms with Crippen molar-refractivity contribution in [3.05, 3.63) is 11.8 Å². The fourth-order valence-electron chi connectivity index (χ4n) is 1.93. The first-order valence-corrected chi connectivity index (χ1v) is 8.78. The molecule has 0 radical (unpaired) electrons. The summed E-state index contributed by atoms with van der Waals surface area (Å²) in [7, 11) is 0.